The Labute approximate surface area is 178 Å². The zero-order chi connectivity index (χ0) is 20.3. The number of fused-ring (bicyclic) bond motifs is 1. The predicted molar refractivity (Wildman–Crippen MR) is 112 cm³/mol. The predicted octanol–water partition coefficient (Wildman–Crippen LogP) is 2.86. The maximum Gasteiger partial charge on any atom is 0.260 e. The lowest BCUT2D eigenvalue weighted by molar-refractivity contribution is -0.119. The van der Waals surface area contributed by atoms with Crippen molar-refractivity contribution in [3.05, 3.63) is 50.9 Å². The number of hydrazone groups is 1. The second-order valence-electron chi connectivity index (χ2n) is 5.74. The van der Waals surface area contributed by atoms with E-state index in [4.69, 9.17) is 9.47 Å². The minimum absolute atomic E-state index is 0.148. The van der Waals surface area contributed by atoms with Crippen molar-refractivity contribution in [1.29, 1.82) is 0 Å². The number of amides is 1. The normalized spacial score (nSPS) is 13.0. The summed E-state index contributed by atoms with van der Waals surface area (Å²) in [6.45, 7) is -0.267. The first-order valence-electron chi connectivity index (χ1n) is 7.89. The van der Waals surface area contributed by atoms with Crippen LogP contribution in [0.3, 0.4) is 0 Å². The fraction of sp³-hybridized carbons (Fsp3) is 0.176. The molecule has 0 aliphatic carbocycles. The topological polar surface area (TPSA) is 97.3 Å². The highest BCUT2D eigenvalue weighted by Gasteiger charge is 2.22. The Kier molecular flexibility index (Phi) is 6.26. The van der Waals surface area contributed by atoms with Gasteiger partial charge in [0.25, 0.3) is 5.91 Å². The number of nitrogens with one attached hydrogen (secondary N) is 1. The number of anilines is 1. The minimum Gasteiger partial charge on any atom is -0.454 e. The van der Waals surface area contributed by atoms with Crippen LogP contribution in [0.2, 0.25) is 0 Å². The molecular formula is C17H15Br2N3O5S. The molecular weight excluding hydrogens is 518 g/mol. The van der Waals surface area contributed by atoms with E-state index < -0.39 is 22.5 Å². The van der Waals surface area contributed by atoms with Gasteiger partial charge in [-0.3, -0.25) is 9.10 Å². The largest absolute Gasteiger partial charge is 0.454 e. The zero-order valence-corrected chi connectivity index (χ0v) is 18.5. The highest BCUT2D eigenvalue weighted by atomic mass is 79.9. The van der Waals surface area contributed by atoms with Crippen molar-refractivity contribution in [1.82, 2.24) is 5.43 Å². The molecule has 0 saturated heterocycles. The van der Waals surface area contributed by atoms with Gasteiger partial charge in [0, 0.05) is 14.5 Å². The van der Waals surface area contributed by atoms with Crippen molar-refractivity contribution in [3.63, 3.8) is 0 Å². The number of hydrogen-bond donors (Lipinski definition) is 1. The summed E-state index contributed by atoms with van der Waals surface area (Å²) in [6, 6.07) is 10.2. The van der Waals surface area contributed by atoms with Crippen LogP contribution in [0.4, 0.5) is 5.69 Å². The van der Waals surface area contributed by atoms with Crippen LogP contribution in [0.5, 0.6) is 11.5 Å². The third kappa shape index (κ3) is 4.83. The molecule has 28 heavy (non-hydrogen) atoms. The van der Waals surface area contributed by atoms with Crippen LogP contribution in [-0.2, 0) is 14.8 Å². The molecule has 2 aromatic carbocycles. The Bertz CT molecular complexity index is 1040. The molecule has 8 nitrogen and oxygen atoms in total. The summed E-state index contributed by atoms with van der Waals surface area (Å²) in [5.41, 5.74) is 3.36. The molecule has 1 N–H and O–H groups in total. The molecule has 0 fully saturated rings. The van der Waals surface area contributed by atoms with Crippen molar-refractivity contribution in [2.75, 3.05) is 23.9 Å². The fourth-order valence-corrected chi connectivity index (χ4v) is 4.32. The molecule has 0 aromatic heterocycles. The number of nitrogens with zero attached hydrogens (tertiary/aromatic N) is 2. The number of ether oxygens (including phenoxy) is 2. The average molecular weight is 533 g/mol. The van der Waals surface area contributed by atoms with E-state index in [2.05, 4.69) is 42.4 Å². The van der Waals surface area contributed by atoms with Crippen LogP contribution >= 0.6 is 31.9 Å². The molecule has 148 valence electrons. The first-order chi connectivity index (χ1) is 13.3. The number of para-hydroxylation sites is 1. The lowest BCUT2D eigenvalue weighted by atomic mass is 10.2. The van der Waals surface area contributed by atoms with Gasteiger partial charge >= 0.3 is 0 Å². The highest BCUT2D eigenvalue weighted by Crippen LogP contribution is 2.36. The molecule has 0 radical (unpaired) electrons. The Morgan fingerprint density at radius 1 is 1.21 bits per heavy atom. The molecule has 0 bridgehead atoms. The van der Waals surface area contributed by atoms with E-state index in [1.54, 1.807) is 36.4 Å². The number of hydrogen-bond acceptors (Lipinski definition) is 6. The van der Waals surface area contributed by atoms with E-state index in [1.807, 2.05) is 0 Å². The van der Waals surface area contributed by atoms with E-state index in [1.165, 1.54) is 6.21 Å². The van der Waals surface area contributed by atoms with Gasteiger partial charge in [0.2, 0.25) is 16.8 Å². The molecule has 1 aliphatic rings. The van der Waals surface area contributed by atoms with Crippen LogP contribution in [0.1, 0.15) is 5.56 Å². The Morgan fingerprint density at radius 2 is 1.89 bits per heavy atom. The smallest absolute Gasteiger partial charge is 0.260 e. The molecule has 0 spiro atoms. The lowest BCUT2D eigenvalue weighted by Crippen LogP contribution is -2.39. The van der Waals surface area contributed by atoms with Crippen LogP contribution in [0.25, 0.3) is 0 Å². The van der Waals surface area contributed by atoms with Crippen molar-refractivity contribution < 1.29 is 22.7 Å². The molecule has 3 rings (SSSR count). The maximum atomic E-state index is 12.2. The summed E-state index contributed by atoms with van der Waals surface area (Å²) in [4.78, 5) is 12.2. The van der Waals surface area contributed by atoms with E-state index >= 15 is 0 Å². The Balaban J connectivity index is 1.71. The number of sulfonamides is 1. The molecule has 0 unspecified atom stereocenters. The van der Waals surface area contributed by atoms with Crippen LogP contribution < -0.4 is 19.2 Å². The summed E-state index contributed by atoms with van der Waals surface area (Å²) < 4.78 is 37.1. The second kappa shape index (κ2) is 8.50. The van der Waals surface area contributed by atoms with Crippen molar-refractivity contribution in [2.24, 2.45) is 5.10 Å². The van der Waals surface area contributed by atoms with E-state index in [0.717, 1.165) is 10.6 Å². The van der Waals surface area contributed by atoms with Gasteiger partial charge in [-0.15, -0.1) is 0 Å². The molecule has 0 atom stereocenters. The maximum absolute atomic E-state index is 12.2. The van der Waals surface area contributed by atoms with Gasteiger partial charge in [0.05, 0.1) is 18.2 Å². The van der Waals surface area contributed by atoms with Crippen LogP contribution in [0, 0.1) is 0 Å². The van der Waals surface area contributed by atoms with Crippen molar-refractivity contribution in [3.8, 4) is 11.5 Å². The Morgan fingerprint density at radius 3 is 2.57 bits per heavy atom. The Hall–Kier alpha value is -2.11. The molecule has 1 amide bonds. The summed E-state index contributed by atoms with van der Waals surface area (Å²) in [6.07, 6.45) is 2.46. The number of rotatable bonds is 6. The lowest BCUT2D eigenvalue weighted by Gasteiger charge is -2.22. The first-order valence-corrected chi connectivity index (χ1v) is 11.3. The quantitative estimate of drug-likeness (QED) is 0.455. The first kappa shape index (κ1) is 20.6. The molecule has 11 heteroatoms. The number of halogens is 2. The summed E-state index contributed by atoms with van der Waals surface area (Å²) >= 11 is 6.69. The number of benzene rings is 2. The van der Waals surface area contributed by atoms with Gasteiger partial charge in [-0.2, -0.15) is 5.10 Å². The summed E-state index contributed by atoms with van der Waals surface area (Å²) in [7, 11) is -3.67. The minimum atomic E-state index is -3.67. The number of carbonyl (C=O) groups is 1. The standard InChI is InChI=1S/C17H15Br2N3O5S/c1-28(24,25)22(14-5-3-2-4-12(14)18)9-17(23)21-20-8-11-6-15-16(7-13(11)19)27-10-26-15/h2-8H,9-10H2,1H3,(H,21,23). The van der Waals surface area contributed by atoms with Gasteiger partial charge in [0.15, 0.2) is 11.5 Å². The second-order valence-corrected chi connectivity index (χ2v) is 9.36. The van der Waals surface area contributed by atoms with Crippen molar-refractivity contribution >= 4 is 59.7 Å². The average Bonchev–Trinajstić information content (AvgIpc) is 3.07. The number of carbonyl (C=O) groups excluding carboxylic acids is 1. The van der Waals surface area contributed by atoms with Gasteiger partial charge in [-0.25, -0.2) is 13.8 Å². The third-order valence-corrected chi connectivity index (χ3v) is 6.18. The summed E-state index contributed by atoms with van der Waals surface area (Å²) in [5, 5.41) is 3.89. The zero-order valence-electron chi connectivity index (χ0n) is 14.6. The SMILES string of the molecule is CS(=O)(=O)N(CC(=O)NN=Cc1cc2c(cc1Br)OCO2)c1ccccc1Br. The van der Waals surface area contributed by atoms with Gasteiger partial charge in [0.1, 0.15) is 6.54 Å². The van der Waals surface area contributed by atoms with E-state index in [-0.39, 0.29) is 6.79 Å². The van der Waals surface area contributed by atoms with Gasteiger partial charge < -0.3 is 9.47 Å². The highest BCUT2D eigenvalue weighted by molar-refractivity contribution is 9.11. The molecule has 0 saturated carbocycles. The van der Waals surface area contributed by atoms with Crippen molar-refractivity contribution in [2.45, 2.75) is 0 Å². The fourth-order valence-electron chi connectivity index (χ4n) is 2.41. The van der Waals surface area contributed by atoms with Crippen LogP contribution in [-0.4, -0.2) is 40.1 Å². The van der Waals surface area contributed by atoms with E-state index in [9.17, 15) is 13.2 Å². The van der Waals surface area contributed by atoms with E-state index in [0.29, 0.717) is 31.7 Å². The molecule has 2 aromatic rings. The summed E-state index contributed by atoms with van der Waals surface area (Å²) in [5.74, 6) is 0.604. The van der Waals surface area contributed by atoms with Gasteiger partial charge in [-0.05, 0) is 56.1 Å². The molecule has 1 heterocycles. The monoisotopic (exact) mass is 531 g/mol. The molecule has 1 aliphatic heterocycles. The van der Waals surface area contributed by atoms with Crippen LogP contribution in [0.15, 0.2) is 50.4 Å². The van der Waals surface area contributed by atoms with Gasteiger partial charge in [-0.1, -0.05) is 12.1 Å². The third-order valence-electron chi connectivity index (χ3n) is 3.69.